The fourth-order valence-corrected chi connectivity index (χ4v) is 4.33. The van der Waals surface area contributed by atoms with Gasteiger partial charge >= 0.3 is 0 Å². The lowest BCUT2D eigenvalue weighted by molar-refractivity contribution is 0.413. The summed E-state index contributed by atoms with van der Waals surface area (Å²) in [6.07, 6.45) is 3.37. The van der Waals surface area contributed by atoms with Gasteiger partial charge in [0.2, 0.25) is 10.0 Å². The fourth-order valence-electron chi connectivity index (χ4n) is 2.63. The van der Waals surface area contributed by atoms with Crippen molar-refractivity contribution in [2.24, 2.45) is 7.05 Å². The highest BCUT2D eigenvalue weighted by Gasteiger charge is 2.27. The zero-order chi connectivity index (χ0) is 18.7. The molecule has 0 aliphatic heterocycles. The van der Waals surface area contributed by atoms with Gasteiger partial charge in [-0.1, -0.05) is 35.9 Å². The van der Waals surface area contributed by atoms with E-state index < -0.39 is 16.1 Å². The average Bonchev–Trinajstić information content (AvgIpc) is 3.06. The molecule has 0 radical (unpaired) electrons. The van der Waals surface area contributed by atoms with Crippen LogP contribution < -0.4 is 9.46 Å². The lowest BCUT2D eigenvalue weighted by Gasteiger charge is -2.20. The number of rotatable bonds is 6. The average molecular weight is 392 g/mol. The third-order valence-corrected chi connectivity index (χ3v) is 5.87. The van der Waals surface area contributed by atoms with Gasteiger partial charge in [0.1, 0.15) is 22.5 Å². The maximum absolute atomic E-state index is 12.9. The minimum absolute atomic E-state index is 0.0174. The van der Waals surface area contributed by atoms with Gasteiger partial charge in [-0.05, 0) is 29.8 Å². The molecule has 0 amide bonds. The van der Waals surface area contributed by atoms with Gasteiger partial charge in [0.15, 0.2) is 0 Å². The summed E-state index contributed by atoms with van der Waals surface area (Å²) < 4.78 is 35.6. The third kappa shape index (κ3) is 3.75. The van der Waals surface area contributed by atoms with Crippen LogP contribution in [0.3, 0.4) is 0 Å². The first kappa shape index (κ1) is 18.4. The number of nitrogens with one attached hydrogen (secondary N) is 1. The highest BCUT2D eigenvalue weighted by Crippen LogP contribution is 2.28. The van der Waals surface area contributed by atoms with E-state index in [1.807, 2.05) is 6.07 Å². The van der Waals surface area contributed by atoms with Crippen LogP contribution in [-0.2, 0) is 17.1 Å². The maximum Gasteiger partial charge on any atom is 0.243 e. The molecule has 1 aromatic heterocycles. The quantitative estimate of drug-likeness (QED) is 0.700. The zero-order valence-corrected chi connectivity index (χ0v) is 15.8. The Hall–Kier alpha value is -2.35. The molecule has 6 nitrogen and oxygen atoms in total. The van der Waals surface area contributed by atoms with E-state index in [9.17, 15) is 8.42 Å². The zero-order valence-electron chi connectivity index (χ0n) is 14.3. The SMILES string of the molecule is COc1cccc(C(NS(=O)(=O)c2ccccc2Cl)c2nccn2C)c1. The highest BCUT2D eigenvalue weighted by molar-refractivity contribution is 7.89. The van der Waals surface area contributed by atoms with Crippen LogP contribution in [0.2, 0.25) is 5.02 Å². The molecule has 0 aliphatic rings. The van der Waals surface area contributed by atoms with E-state index >= 15 is 0 Å². The van der Waals surface area contributed by atoms with Gasteiger partial charge < -0.3 is 9.30 Å². The molecule has 0 fully saturated rings. The van der Waals surface area contributed by atoms with Crippen LogP contribution in [0.15, 0.2) is 65.8 Å². The predicted octanol–water partition coefficient (Wildman–Crippen LogP) is 3.15. The molecule has 1 heterocycles. The number of imidazole rings is 1. The summed E-state index contributed by atoms with van der Waals surface area (Å²) in [5, 5.41) is 0.157. The second kappa shape index (κ2) is 7.49. The number of hydrogen-bond donors (Lipinski definition) is 1. The molecule has 1 N–H and O–H groups in total. The van der Waals surface area contributed by atoms with Crippen LogP contribution >= 0.6 is 11.6 Å². The second-order valence-corrected chi connectivity index (χ2v) is 7.75. The minimum Gasteiger partial charge on any atom is -0.497 e. The summed E-state index contributed by atoms with van der Waals surface area (Å²) >= 11 is 6.08. The van der Waals surface area contributed by atoms with Gasteiger partial charge in [0, 0.05) is 19.4 Å². The number of nitrogens with zero attached hydrogens (tertiary/aromatic N) is 2. The van der Waals surface area contributed by atoms with Crippen LogP contribution in [0.25, 0.3) is 0 Å². The Morgan fingerprint density at radius 1 is 1.19 bits per heavy atom. The van der Waals surface area contributed by atoms with E-state index in [0.29, 0.717) is 17.1 Å². The molecule has 1 unspecified atom stereocenters. The number of ether oxygens (including phenoxy) is 1. The van der Waals surface area contributed by atoms with E-state index in [0.717, 1.165) is 0 Å². The van der Waals surface area contributed by atoms with Crippen molar-refractivity contribution in [3.05, 3.63) is 77.3 Å². The Labute approximate surface area is 157 Å². The molecule has 0 aliphatic carbocycles. The van der Waals surface area contributed by atoms with Crippen molar-refractivity contribution in [2.45, 2.75) is 10.9 Å². The number of aromatic nitrogens is 2. The first-order valence-electron chi connectivity index (χ1n) is 7.80. The minimum atomic E-state index is -3.88. The summed E-state index contributed by atoms with van der Waals surface area (Å²) in [5.41, 5.74) is 0.703. The molecule has 3 rings (SSSR count). The molecule has 0 saturated heterocycles. The van der Waals surface area contributed by atoms with E-state index in [1.54, 1.807) is 61.5 Å². The van der Waals surface area contributed by atoms with Crippen molar-refractivity contribution in [1.29, 1.82) is 0 Å². The normalized spacial score (nSPS) is 12.7. The highest BCUT2D eigenvalue weighted by atomic mass is 35.5. The van der Waals surface area contributed by atoms with Crippen LogP contribution in [0.5, 0.6) is 5.75 Å². The molecule has 0 spiro atoms. The fraction of sp³-hybridized carbons (Fsp3) is 0.167. The molecule has 8 heteroatoms. The number of hydrogen-bond acceptors (Lipinski definition) is 4. The van der Waals surface area contributed by atoms with Gasteiger partial charge in [-0.25, -0.2) is 13.4 Å². The Morgan fingerprint density at radius 2 is 1.96 bits per heavy atom. The molecule has 2 aromatic carbocycles. The van der Waals surface area contributed by atoms with Crippen molar-refractivity contribution < 1.29 is 13.2 Å². The van der Waals surface area contributed by atoms with Crippen LogP contribution in [0.4, 0.5) is 0 Å². The first-order valence-corrected chi connectivity index (χ1v) is 9.66. The van der Waals surface area contributed by atoms with Gasteiger partial charge in [0.25, 0.3) is 0 Å². The number of methoxy groups -OCH3 is 1. The molecule has 26 heavy (non-hydrogen) atoms. The van der Waals surface area contributed by atoms with E-state index in [4.69, 9.17) is 16.3 Å². The van der Waals surface area contributed by atoms with Crippen molar-refractivity contribution in [2.75, 3.05) is 7.11 Å². The monoisotopic (exact) mass is 391 g/mol. The molecule has 1 atom stereocenters. The number of halogens is 1. The standard InChI is InChI=1S/C18H18ClN3O3S/c1-22-11-10-20-18(22)17(13-6-5-7-14(12-13)25-2)21-26(23,24)16-9-4-3-8-15(16)19/h3-12,17,21H,1-2H3. The number of sulfonamides is 1. The Kier molecular flexibility index (Phi) is 5.31. The summed E-state index contributed by atoms with van der Waals surface area (Å²) in [5.74, 6) is 1.17. The van der Waals surface area contributed by atoms with Crippen molar-refractivity contribution in [3.8, 4) is 5.75 Å². The second-order valence-electron chi connectivity index (χ2n) is 5.66. The maximum atomic E-state index is 12.9. The van der Waals surface area contributed by atoms with Crippen molar-refractivity contribution in [3.63, 3.8) is 0 Å². The van der Waals surface area contributed by atoms with E-state index in [2.05, 4.69) is 9.71 Å². The summed E-state index contributed by atoms with van der Waals surface area (Å²) in [7, 11) is -0.514. The molecular formula is C18H18ClN3O3S. The Balaban J connectivity index is 2.07. The van der Waals surface area contributed by atoms with Gasteiger partial charge in [-0.2, -0.15) is 4.72 Å². The largest absolute Gasteiger partial charge is 0.497 e. The Bertz CT molecular complexity index is 1020. The van der Waals surface area contributed by atoms with Gasteiger partial charge in [0.05, 0.1) is 12.1 Å². The smallest absolute Gasteiger partial charge is 0.243 e. The van der Waals surface area contributed by atoms with Crippen molar-refractivity contribution >= 4 is 21.6 Å². The molecular weight excluding hydrogens is 374 g/mol. The van der Waals surface area contributed by atoms with E-state index in [-0.39, 0.29) is 9.92 Å². The molecule has 0 saturated carbocycles. The lowest BCUT2D eigenvalue weighted by atomic mass is 10.1. The predicted molar refractivity (Wildman–Crippen MR) is 99.8 cm³/mol. The van der Waals surface area contributed by atoms with Crippen LogP contribution in [0, 0.1) is 0 Å². The van der Waals surface area contributed by atoms with E-state index in [1.165, 1.54) is 12.1 Å². The number of aryl methyl sites for hydroxylation is 1. The topological polar surface area (TPSA) is 73.2 Å². The first-order chi connectivity index (χ1) is 12.4. The van der Waals surface area contributed by atoms with Gasteiger partial charge in [-0.3, -0.25) is 0 Å². The third-order valence-electron chi connectivity index (χ3n) is 3.94. The molecule has 0 bridgehead atoms. The summed E-state index contributed by atoms with van der Waals surface area (Å²) in [4.78, 5) is 4.33. The Morgan fingerprint density at radius 3 is 2.62 bits per heavy atom. The van der Waals surface area contributed by atoms with Crippen LogP contribution in [0.1, 0.15) is 17.4 Å². The van der Waals surface area contributed by atoms with Crippen LogP contribution in [-0.4, -0.2) is 25.1 Å². The lowest BCUT2D eigenvalue weighted by Crippen LogP contribution is -2.31. The molecule has 3 aromatic rings. The van der Waals surface area contributed by atoms with Gasteiger partial charge in [-0.15, -0.1) is 0 Å². The number of benzene rings is 2. The summed E-state index contributed by atoms with van der Waals surface area (Å²) in [6.45, 7) is 0. The summed E-state index contributed by atoms with van der Waals surface area (Å²) in [6, 6.07) is 12.8. The molecule has 136 valence electrons. The van der Waals surface area contributed by atoms with Crippen molar-refractivity contribution in [1.82, 2.24) is 14.3 Å².